The topological polar surface area (TPSA) is 66.0 Å². The summed E-state index contributed by atoms with van der Waals surface area (Å²) in [5.74, 6) is 0.0412. The summed E-state index contributed by atoms with van der Waals surface area (Å²) in [4.78, 5) is 7.46. The quantitative estimate of drug-likeness (QED) is 0.673. The average molecular weight is 295 g/mol. The highest BCUT2D eigenvalue weighted by molar-refractivity contribution is 7.09. The SMILES string of the molecule is Cc1ncsc1CN(C)c1cc(Cl)ccc1C(=N)N. The molecular weight excluding hydrogens is 280 g/mol. The predicted octanol–water partition coefficient (Wildman–Crippen LogP) is 3.03. The molecule has 19 heavy (non-hydrogen) atoms. The average Bonchev–Trinajstić information content (AvgIpc) is 2.74. The molecule has 0 bridgehead atoms. The van der Waals surface area contributed by atoms with Crippen LogP contribution in [-0.4, -0.2) is 17.9 Å². The molecule has 0 spiro atoms. The first-order chi connectivity index (χ1) is 8.99. The number of rotatable bonds is 4. The summed E-state index contributed by atoms with van der Waals surface area (Å²) in [6.45, 7) is 2.71. The third-order valence-electron chi connectivity index (χ3n) is 2.89. The van der Waals surface area contributed by atoms with E-state index in [1.807, 2.05) is 30.4 Å². The van der Waals surface area contributed by atoms with Gasteiger partial charge in [-0.25, -0.2) is 4.98 Å². The van der Waals surface area contributed by atoms with Crippen LogP contribution in [0.4, 0.5) is 5.69 Å². The first kappa shape index (κ1) is 13.8. The maximum absolute atomic E-state index is 7.63. The van der Waals surface area contributed by atoms with E-state index >= 15 is 0 Å². The maximum Gasteiger partial charge on any atom is 0.124 e. The van der Waals surface area contributed by atoms with Crippen molar-refractivity contribution >= 4 is 34.5 Å². The summed E-state index contributed by atoms with van der Waals surface area (Å²) in [5.41, 5.74) is 10.0. The molecule has 6 heteroatoms. The van der Waals surface area contributed by atoms with Gasteiger partial charge in [-0.15, -0.1) is 11.3 Å². The number of nitrogens with two attached hydrogens (primary N) is 1. The molecular formula is C13H15ClN4S. The Morgan fingerprint density at radius 2 is 2.26 bits per heavy atom. The van der Waals surface area contributed by atoms with Crippen molar-refractivity contribution in [2.75, 3.05) is 11.9 Å². The Labute approximate surface area is 121 Å². The van der Waals surface area contributed by atoms with Gasteiger partial charge < -0.3 is 10.6 Å². The molecule has 0 radical (unpaired) electrons. The van der Waals surface area contributed by atoms with Gasteiger partial charge in [-0.1, -0.05) is 11.6 Å². The van der Waals surface area contributed by atoms with Crippen LogP contribution in [0.1, 0.15) is 16.1 Å². The fourth-order valence-corrected chi connectivity index (χ4v) is 2.82. The van der Waals surface area contributed by atoms with E-state index in [0.29, 0.717) is 10.6 Å². The molecule has 0 unspecified atom stereocenters. The third kappa shape index (κ3) is 3.05. The van der Waals surface area contributed by atoms with Gasteiger partial charge in [-0.05, 0) is 25.1 Å². The summed E-state index contributed by atoms with van der Waals surface area (Å²) in [6.07, 6.45) is 0. The summed E-state index contributed by atoms with van der Waals surface area (Å²) in [7, 11) is 1.96. The summed E-state index contributed by atoms with van der Waals surface area (Å²) >= 11 is 7.65. The number of hydrogen-bond acceptors (Lipinski definition) is 4. The van der Waals surface area contributed by atoms with Crippen molar-refractivity contribution in [3.8, 4) is 0 Å². The molecule has 0 amide bonds. The van der Waals surface area contributed by atoms with Crippen LogP contribution in [-0.2, 0) is 6.54 Å². The Morgan fingerprint density at radius 3 is 2.84 bits per heavy atom. The second-order valence-electron chi connectivity index (χ2n) is 4.29. The number of nitrogens with zero attached hydrogens (tertiary/aromatic N) is 2. The van der Waals surface area contributed by atoms with E-state index in [0.717, 1.165) is 17.9 Å². The fraction of sp³-hybridized carbons (Fsp3) is 0.231. The van der Waals surface area contributed by atoms with Crippen molar-refractivity contribution in [1.29, 1.82) is 5.41 Å². The highest BCUT2D eigenvalue weighted by Gasteiger charge is 2.12. The number of aryl methyl sites for hydroxylation is 1. The number of nitrogen functional groups attached to an aromatic ring is 1. The number of hydrogen-bond donors (Lipinski definition) is 2. The van der Waals surface area contributed by atoms with Gasteiger partial charge in [-0.2, -0.15) is 0 Å². The molecule has 4 nitrogen and oxygen atoms in total. The van der Waals surface area contributed by atoms with Crippen molar-refractivity contribution < 1.29 is 0 Å². The minimum atomic E-state index is 0.0412. The monoisotopic (exact) mass is 294 g/mol. The summed E-state index contributed by atoms with van der Waals surface area (Å²) in [5, 5.41) is 8.26. The molecule has 2 aromatic rings. The standard InChI is InChI=1S/C13H15ClN4S/c1-8-12(19-7-17-8)6-18(2)11-5-9(14)3-4-10(11)13(15)16/h3-5,7H,6H2,1-2H3,(H3,15,16). The molecule has 0 fully saturated rings. The van der Waals surface area contributed by atoms with Gasteiger partial charge in [0.05, 0.1) is 17.7 Å². The number of halogens is 1. The number of thiazole rings is 1. The Balaban J connectivity index is 2.32. The number of anilines is 1. The van der Waals surface area contributed by atoms with Gasteiger partial charge in [0, 0.05) is 28.2 Å². The molecule has 0 saturated carbocycles. The molecule has 100 valence electrons. The van der Waals surface area contributed by atoms with Crippen molar-refractivity contribution in [1.82, 2.24) is 4.98 Å². The van der Waals surface area contributed by atoms with E-state index in [4.69, 9.17) is 22.7 Å². The number of nitrogens with one attached hydrogen (secondary N) is 1. The lowest BCUT2D eigenvalue weighted by atomic mass is 10.1. The minimum Gasteiger partial charge on any atom is -0.384 e. The molecule has 0 aliphatic carbocycles. The zero-order chi connectivity index (χ0) is 14.0. The highest BCUT2D eigenvalue weighted by Crippen LogP contribution is 2.26. The Morgan fingerprint density at radius 1 is 1.53 bits per heavy atom. The second-order valence-corrected chi connectivity index (χ2v) is 5.67. The predicted molar refractivity (Wildman–Crippen MR) is 81.4 cm³/mol. The second kappa shape index (κ2) is 5.59. The lowest BCUT2D eigenvalue weighted by Crippen LogP contribution is -2.22. The van der Waals surface area contributed by atoms with Crippen LogP contribution in [0.15, 0.2) is 23.7 Å². The van der Waals surface area contributed by atoms with Gasteiger partial charge in [-0.3, -0.25) is 5.41 Å². The van der Waals surface area contributed by atoms with Crippen molar-refractivity contribution in [3.05, 3.63) is 44.9 Å². The van der Waals surface area contributed by atoms with E-state index in [1.165, 1.54) is 4.88 Å². The van der Waals surface area contributed by atoms with Gasteiger partial charge in [0.15, 0.2) is 0 Å². The van der Waals surface area contributed by atoms with Gasteiger partial charge >= 0.3 is 0 Å². The van der Waals surface area contributed by atoms with Crippen LogP contribution < -0.4 is 10.6 Å². The number of aromatic nitrogens is 1. The van der Waals surface area contributed by atoms with Crippen LogP contribution in [0.2, 0.25) is 5.02 Å². The molecule has 1 aromatic carbocycles. The molecule has 3 N–H and O–H groups in total. The Kier molecular flexibility index (Phi) is 4.07. The van der Waals surface area contributed by atoms with E-state index in [1.54, 1.807) is 23.5 Å². The zero-order valence-corrected chi connectivity index (χ0v) is 12.3. The molecule has 2 rings (SSSR count). The summed E-state index contributed by atoms with van der Waals surface area (Å²) in [6, 6.07) is 5.35. The van der Waals surface area contributed by atoms with Crippen LogP contribution in [0, 0.1) is 12.3 Å². The van der Waals surface area contributed by atoms with Crippen LogP contribution >= 0.6 is 22.9 Å². The minimum absolute atomic E-state index is 0.0412. The number of benzene rings is 1. The zero-order valence-electron chi connectivity index (χ0n) is 10.8. The summed E-state index contributed by atoms with van der Waals surface area (Å²) < 4.78 is 0. The van der Waals surface area contributed by atoms with Crippen LogP contribution in [0.25, 0.3) is 0 Å². The van der Waals surface area contributed by atoms with E-state index < -0.39 is 0 Å². The Bertz CT molecular complexity index is 608. The lowest BCUT2D eigenvalue weighted by molar-refractivity contribution is 0.924. The number of amidine groups is 1. The van der Waals surface area contributed by atoms with Crippen LogP contribution in [0.5, 0.6) is 0 Å². The van der Waals surface area contributed by atoms with Gasteiger partial charge in [0.25, 0.3) is 0 Å². The molecule has 0 aliphatic rings. The lowest BCUT2D eigenvalue weighted by Gasteiger charge is -2.22. The van der Waals surface area contributed by atoms with Gasteiger partial charge in [0.2, 0.25) is 0 Å². The Hall–Kier alpha value is -1.59. The van der Waals surface area contributed by atoms with E-state index in [-0.39, 0.29) is 5.84 Å². The molecule has 0 saturated heterocycles. The first-order valence-corrected chi connectivity index (χ1v) is 6.99. The molecule has 1 heterocycles. The van der Waals surface area contributed by atoms with Crippen molar-refractivity contribution in [3.63, 3.8) is 0 Å². The highest BCUT2D eigenvalue weighted by atomic mass is 35.5. The van der Waals surface area contributed by atoms with E-state index in [2.05, 4.69) is 4.98 Å². The first-order valence-electron chi connectivity index (χ1n) is 5.73. The van der Waals surface area contributed by atoms with Crippen molar-refractivity contribution in [2.24, 2.45) is 5.73 Å². The third-order valence-corrected chi connectivity index (χ3v) is 4.04. The maximum atomic E-state index is 7.63. The largest absolute Gasteiger partial charge is 0.384 e. The van der Waals surface area contributed by atoms with Gasteiger partial charge in [0.1, 0.15) is 5.84 Å². The molecule has 0 atom stereocenters. The van der Waals surface area contributed by atoms with E-state index in [9.17, 15) is 0 Å². The van der Waals surface area contributed by atoms with Crippen molar-refractivity contribution in [2.45, 2.75) is 13.5 Å². The molecule has 1 aromatic heterocycles. The molecule has 0 aliphatic heterocycles. The smallest absolute Gasteiger partial charge is 0.124 e. The van der Waals surface area contributed by atoms with Crippen LogP contribution in [0.3, 0.4) is 0 Å². The fourth-order valence-electron chi connectivity index (χ4n) is 1.83. The normalized spacial score (nSPS) is 10.5.